The molecule has 1 saturated heterocycles. The Bertz CT molecular complexity index is 853. The predicted octanol–water partition coefficient (Wildman–Crippen LogP) is 5.96. The second-order valence-corrected chi connectivity index (χ2v) is 23.3. The molecular formula is C21H22Cl2Hf. The molecule has 0 amide bonds. The van der Waals surface area contributed by atoms with E-state index in [9.17, 15) is 0 Å². The zero-order valence-electron chi connectivity index (χ0n) is 13.8. The Morgan fingerprint density at radius 3 is 2.42 bits per heavy atom. The van der Waals surface area contributed by atoms with E-state index < -0.39 is 20.0 Å². The Balaban J connectivity index is 0.000000845. The van der Waals surface area contributed by atoms with E-state index in [1.807, 2.05) is 6.65 Å². The molecule has 0 radical (unpaired) electrons. The maximum atomic E-state index is 2.52. The molecule has 2 atom stereocenters. The molecule has 1 fully saturated rings. The van der Waals surface area contributed by atoms with Crippen LogP contribution in [0, 0.1) is 0 Å². The van der Waals surface area contributed by atoms with Gasteiger partial charge < -0.3 is 0 Å². The van der Waals surface area contributed by atoms with Crippen molar-refractivity contribution in [1.29, 1.82) is 0 Å². The number of benzene rings is 2. The van der Waals surface area contributed by atoms with Gasteiger partial charge in [0.25, 0.3) is 0 Å². The summed E-state index contributed by atoms with van der Waals surface area (Å²) in [6.45, 7) is 2.52. The summed E-state index contributed by atoms with van der Waals surface area (Å²) in [6.07, 6.45) is 9.52. The number of hydrogen-bond donors (Lipinski definition) is 0. The Hall–Kier alpha value is -0.630. The van der Waals surface area contributed by atoms with Crippen LogP contribution in [-0.4, -0.2) is 0 Å². The Labute approximate surface area is 161 Å². The standard InChI is InChI=1S/C13H9.C5H5.C3H6.2ClH.Hf/c1-3-7-12-10(5-1)9-11-6-2-4-8-13(11)12;1-2-4-5-3-1;1-3-2;;;/h1-5,7-8H,9H2;1-3H,4H2;3H,1H2,2H3;2*1H;. The fourth-order valence-electron chi connectivity index (χ4n) is 4.77. The van der Waals surface area contributed by atoms with Crippen molar-refractivity contribution in [1.82, 2.24) is 0 Å². The molecule has 0 aromatic heterocycles. The van der Waals surface area contributed by atoms with Gasteiger partial charge in [-0.1, -0.05) is 0 Å². The van der Waals surface area contributed by atoms with E-state index in [0.717, 1.165) is 10.1 Å². The summed E-state index contributed by atoms with van der Waals surface area (Å²) >= 11 is -2.43. The van der Waals surface area contributed by atoms with Gasteiger partial charge in [-0.05, 0) is 0 Å². The third-order valence-electron chi connectivity index (χ3n) is 5.98. The van der Waals surface area contributed by atoms with Crippen LogP contribution in [0.15, 0.2) is 64.0 Å². The molecule has 2 aliphatic carbocycles. The number of hydrogen-bond acceptors (Lipinski definition) is 0. The van der Waals surface area contributed by atoms with Crippen molar-refractivity contribution < 1.29 is 20.0 Å². The van der Waals surface area contributed by atoms with Crippen LogP contribution >= 0.6 is 24.8 Å². The van der Waals surface area contributed by atoms with Gasteiger partial charge in [-0.15, -0.1) is 24.8 Å². The molecule has 124 valence electrons. The zero-order valence-corrected chi connectivity index (χ0v) is 19.0. The first-order chi connectivity index (χ1) is 10.8. The maximum absolute atomic E-state index is 2.52. The van der Waals surface area contributed by atoms with E-state index >= 15 is 0 Å². The molecule has 0 nitrogen and oxygen atoms in total. The largest absolute Gasteiger partial charge is 0.147 e. The second kappa shape index (κ2) is 6.59. The molecule has 0 saturated carbocycles. The summed E-state index contributed by atoms with van der Waals surface area (Å²) in [5.74, 6) is 0. The number of allylic oxidation sites excluding steroid dienone is 4. The second-order valence-electron chi connectivity index (χ2n) is 7.07. The minimum absolute atomic E-state index is 0. The average molecular weight is 524 g/mol. The van der Waals surface area contributed by atoms with Crippen molar-refractivity contribution in [2.75, 3.05) is 0 Å². The minimum Gasteiger partial charge on any atom is -0.147 e. The van der Waals surface area contributed by atoms with Crippen LogP contribution in [0.3, 0.4) is 0 Å². The van der Waals surface area contributed by atoms with Crippen molar-refractivity contribution in [3.05, 3.63) is 75.1 Å². The van der Waals surface area contributed by atoms with Crippen LogP contribution in [-0.2, 0) is 26.4 Å². The molecule has 3 aliphatic rings. The van der Waals surface area contributed by atoms with Crippen LogP contribution in [0.1, 0.15) is 24.5 Å². The van der Waals surface area contributed by atoms with E-state index in [4.69, 9.17) is 0 Å². The van der Waals surface area contributed by atoms with Gasteiger partial charge in [0, 0.05) is 0 Å². The van der Waals surface area contributed by atoms with Crippen molar-refractivity contribution in [2.24, 2.45) is 0 Å². The van der Waals surface area contributed by atoms with Crippen molar-refractivity contribution in [3.63, 3.8) is 0 Å². The minimum atomic E-state index is -2.43. The van der Waals surface area contributed by atoms with E-state index in [1.54, 1.807) is 5.56 Å². The fraction of sp³-hybridized carbons (Fsp3) is 0.238. The maximum Gasteiger partial charge on any atom is -0.147 e. The molecule has 3 heteroatoms. The molecule has 0 N–H and O–H groups in total. The van der Waals surface area contributed by atoms with Crippen molar-refractivity contribution in [3.8, 4) is 11.1 Å². The van der Waals surface area contributed by atoms with Gasteiger partial charge in [-0.3, -0.25) is 0 Å². The van der Waals surface area contributed by atoms with Crippen LogP contribution in [0.5, 0.6) is 0 Å². The topological polar surface area (TPSA) is 0 Å². The quantitative estimate of drug-likeness (QED) is 0.363. The van der Waals surface area contributed by atoms with Gasteiger partial charge in [0.1, 0.15) is 0 Å². The summed E-state index contributed by atoms with van der Waals surface area (Å²) < 4.78 is 6.20. The summed E-state index contributed by atoms with van der Waals surface area (Å²) in [6, 6.07) is 16.2. The Kier molecular flexibility index (Phi) is 4.99. The summed E-state index contributed by atoms with van der Waals surface area (Å²) in [4.78, 5) is 0. The molecule has 24 heavy (non-hydrogen) atoms. The Morgan fingerprint density at radius 2 is 1.71 bits per heavy atom. The molecule has 0 spiro atoms. The average Bonchev–Trinajstić information content (AvgIpc) is 2.98. The van der Waals surface area contributed by atoms with Crippen molar-refractivity contribution in [2.45, 2.75) is 27.6 Å². The summed E-state index contributed by atoms with van der Waals surface area (Å²) in [7, 11) is 0. The third-order valence-corrected chi connectivity index (χ3v) is 26.0. The number of halogens is 2. The fourth-order valence-corrected chi connectivity index (χ4v) is 28.3. The van der Waals surface area contributed by atoms with E-state index in [0.29, 0.717) is 0 Å². The van der Waals surface area contributed by atoms with Crippen molar-refractivity contribution >= 4 is 28.1 Å². The van der Waals surface area contributed by atoms with Gasteiger partial charge in [-0.2, -0.15) is 0 Å². The van der Waals surface area contributed by atoms with Gasteiger partial charge in [0.15, 0.2) is 0 Å². The summed E-state index contributed by atoms with van der Waals surface area (Å²) in [5.41, 5.74) is 6.22. The van der Waals surface area contributed by atoms with Crippen LogP contribution in [0.4, 0.5) is 0 Å². The first-order valence-electron chi connectivity index (χ1n) is 8.37. The monoisotopic (exact) mass is 524 g/mol. The van der Waals surface area contributed by atoms with E-state index in [2.05, 4.69) is 67.6 Å². The summed E-state index contributed by atoms with van der Waals surface area (Å²) in [5, 5.41) is 0. The van der Waals surface area contributed by atoms with Gasteiger partial charge in [-0.25, -0.2) is 0 Å². The first kappa shape index (κ1) is 18.2. The molecule has 2 aromatic carbocycles. The predicted molar refractivity (Wildman–Crippen MR) is 105 cm³/mol. The van der Waals surface area contributed by atoms with E-state index in [1.165, 1.54) is 27.3 Å². The molecule has 2 aromatic rings. The normalized spacial score (nSPS) is 25.2. The van der Waals surface area contributed by atoms with Crippen LogP contribution < -0.4 is 3.32 Å². The molecule has 2 unspecified atom stereocenters. The zero-order chi connectivity index (χ0) is 14.7. The SMILES string of the molecule is C[CH]1[CH2][Hf]1([C]1=CC=CC1)[c]1cccc2c1Cc1ccccc1-2.Cl.Cl. The van der Waals surface area contributed by atoms with Crippen LogP contribution in [0.2, 0.25) is 7.85 Å². The molecule has 1 heterocycles. The number of fused-ring (bicyclic) bond motifs is 3. The number of rotatable bonds is 2. The van der Waals surface area contributed by atoms with Crippen LogP contribution in [0.25, 0.3) is 11.1 Å². The Morgan fingerprint density at radius 1 is 0.958 bits per heavy atom. The van der Waals surface area contributed by atoms with Gasteiger partial charge in [0.05, 0.1) is 0 Å². The first-order valence-corrected chi connectivity index (χ1v) is 16.6. The molecular weight excluding hydrogens is 502 g/mol. The van der Waals surface area contributed by atoms with Gasteiger partial charge >= 0.3 is 137 Å². The molecule has 5 rings (SSSR count). The smallest absolute Gasteiger partial charge is 0.147 e. The van der Waals surface area contributed by atoms with E-state index in [-0.39, 0.29) is 24.8 Å². The third kappa shape index (κ3) is 2.43. The van der Waals surface area contributed by atoms with Gasteiger partial charge in [0.2, 0.25) is 0 Å². The molecule has 0 bridgehead atoms. The molecule has 1 aliphatic heterocycles.